The van der Waals surface area contributed by atoms with Crippen molar-refractivity contribution >= 4 is 76.5 Å². The maximum Gasteiger partial charge on any atom is 0.264 e. The number of fused-ring (bicyclic) bond motifs is 1. The molecule has 7 nitrogen and oxygen atoms in total. The van der Waals surface area contributed by atoms with Crippen molar-refractivity contribution in [2.45, 2.75) is 18.2 Å². The molecule has 3 aromatic rings. The van der Waals surface area contributed by atoms with Gasteiger partial charge in [0.1, 0.15) is 5.75 Å². The van der Waals surface area contributed by atoms with E-state index in [9.17, 15) is 13.2 Å². The van der Waals surface area contributed by atoms with E-state index < -0.39 is 15.9 Å². The van der Waals surface area contributed by atoms with E-state index in [1.165, 1.54) is 16.4 Å². The molecule has 1 amide bonds. The van der Waals surface area contributed by atoms with Crippen LogP contribution < -0.4 is 19.7 Å². The van der Waals surface area contributed by atoms with Crippen molar-refractivity contribution in [2.75, 3.05) is 22.8 Å². The van der Waals surface area contributed by atoms with Crippen LogP contribution in [0, 0.1) is 6.92 Å². The minimum absolute atomic E-state index is 0.0780. The topological polar surface area (TPSA) is 87.7 Å². The zero-order valence-corrected chi connectivity index (χ0v) is 23.4. The molecule has 0 saturated heterocycles. The Morgan fingerprint density at radius 3 is 2.54 bits per heavy atom. The standard InChI is InChI=1S/C24H21Br2N3O4S2/c1-15-12-17(25)13-20(26)23(15)33-14-22(30)28-24(34)27-18-6-8-19(9-7-18)35(31,32)29-11-10-16-4-2-3-5-21(16)29/h2-9,12-13H,10-11,14H2,1H3,(H2,27,28,30,34). The summed E-state index contributed by atoms with van der Waals surface area (Å²) in [5.41, 5.74) is 3.14. The Morgan fingerprint density at radius 2 is 1.83 bits per heavy atom. The Labute approximate surface area is 226 Å². The number of aryl methyl sites for hydroxylation is 1. The van der Waals surface area contributed by atoms with E-state index in [1.807, 2.05) is 43.3 Å². The van der Waals surface area contributed by atoms with Gasteiger partial charge in [0.25, 0.3) is 15.9 Å². The molecule has 0 spiro atoms. The van der Waals surface area contributed by atoms with E-state index in [4.69, 9.17) is 17.0 Å². The lowest BCUT2D eigenvalue weighted by Crippen LogP contribution is -2.37. The van der Waals surface area contributed by atoms with Gasteiger partial charge in [-0.25, -0.2) is 8.42 Å². The largest absolute Gasteiger partial charge is 0.482 e. The van der Waals surface area contributed by atoms with Gasteiger partial charge in [-0.05, 0) is 95.1 Å². The SMILES string of the molecule is Cc1cc(Br)cc(Br)c1OCC(=O)NC(=S)Nc1ccc(S(=O)(=O)N2CCc3ccccc32)cc1. The molecule has 0 aliphatic carbocycles. The molecule has 0 bridgehead atoms. The summed E-state index contributed by atoms with van der Waals surface area (Å²) in [5.74, 6) is 0.142. The first-order valence-corrected chi connectivity index (χ1v) is 14.0. The van der Waals surface area contributed by atoms with Gasteiger partial charge in [0, 0.05) is 16.7 Å². The molecule has 1 heterocycles. The van der Waals surface area contributed by atoms with Crippen LogP contribution in [0.1, 0.15) is 11.1 Å². The summed E-state index contributed by atoms with van der Waals surface area (Å²) in [6, 6.07) is 17.4. The van der Waals surface area contributed by atoms with Gasteiger partial charge < -0.3 is 10.1 Å². The fourth-order valence-electron chi connectivity index (χ4n) is 3.73. The first-order chi connectivity index (χ1) is 16.6. The highest BCUT2D eigenvalue weighted by atomic mass is 79.9. The maximum atomic E-state index is 13.1. The molecule has 0 aromatic heterocycles. The zero-order valence-electron chi connectivity index (χ0n) is 18.5. The van der Waals surface area contributed by atoms with Crippen molar-refractivity contribution in [1.82, 2.24) is 5.32 Å². The van der Waals surface area contributed by atoms with Gasteiger partial charge in [-0.15, -0.1) is 0 Å². The third kappa shape index (κ3) is 5.85. The monoisotopic (exact) mass is 637 g/mol. The van der Waals surface area contributed by atoms with Crippen LogP contribution in [0.3, 0.4) is 0 Å². The van der Waals surface area contributed by atoms with Gasteiger partial charge in [-0.1, -0.05) is 34.1 Å². The van der Waals surface area contributed by atoms with Crippen LogP contribution in [0.15, 0.2) is 74.5 Å². The van der Waals surface area contributed by atoms with Crippen LogP contribution in [-0.4, -0.2) is 32.6 Å². The molecule has 0 radical (unpaired) electrons. The van der Waals surface area contributed by atoms with Crippen LogP contribution in [0.5, 0.6) is 5.75 Å². The number of benzene rings is 3. The third-order valence-electron chi connectivity index (χ3n) is 5.34. The second-order valence-corrected chi connectivity index (χ2v) is 11.8. The van der Waals surface area contributed by atoms with Crippen molar-refractivity contribution in [3.05, 3.63) is 80.7 Å². The van der Waals surface area contributed by atoms with Gasteiger partial charge in [-0.2, -0.15) is 0 Å². The number of sulfonamides is 1. The molecule has 1 aliphatic rings. The van der Waals surface area contributed by atoms with E-state index in [0.29, 0.717) is 30.1 Å². The second kappa shape index (κ2) is 10.7. The molecule has 1 aliphatic heterocycles. The number of carbonyl (C=O) groups excluding carboxylic acids is 1. The van der Waals surface area contributed by atoms with Crippen LogP contribution in [0.25, 0.3) is 0 Å². The lowest BCUT2D eigenvalue weighted by molar-refractivity contribution is -0.121. The fourth-order valence-corrected chi connectivity index (χ4v) is 7.02. The summed E-state index contributed by atoms with van der Waals surface area (Å²) in [5, 5.41) is 5.52. The number of anilines is 2. The van der Waals surface area contributed by atoms with Gasteiger partial charge in [0.05, 0.1) is 15.1 Å². The predicted molar refractivity (Wildman–Crippen MR) is 148 cm³/mol. The summed E-state index contributed by atoms with van der Waals surface area (Å²) in [6.07, 6.45) is 0.686. The van der Waals surface area contributed by atoms with E-state index >= 15 is 0 Å². The van der Waals surface area contributed by atoms with Crippen molar-refractivity contribution in [2.24, 2.45) is 0 Å². The Kier molecular flexibility index (Phi) is 7.80. The fraction of sp³-hybridized carbons (Fsp3) is 0.167. The highest BCUT2D eigenvalue weighted by Crippen LogP contribution is 2.33. The predicted octanol–water partition coefficient (Wildman–Crippen LogP) is 5.16. The van der Waals surface area contributed by atoms with Crippen molar-refractivity contribution in [3.63, 3.8) is 0 Å². The van der Waals surface area contributed by atoms with E-state index in [1.54, 1.807) is 12.1 Å². The minimum Gasteiger partial charge on any atom is -0.482 e. The number of carbonyl (C=O) groups is 1. The summed E-state index contributed by atoms with van der Waals surface area (Å²) in [7, 11) is -3.68. The average molecular weight is 639 g/mol. The van der Waals surface area contributed by atoms with E-state index in [-0.39, 0.29) is 16.6 Å². The quantitative estimate of drug-likeness (QED) is 0.363. The summed E-state index contributed by atoms with van der Waals surface area (Å²) < 4.78 is 34.9. The maximum absolute atomic E-state index is 13.1. The second-order valence-electron chi connectivity index (χ2n) is 7.80. The molecular formula is C24H21Br2N3O4S2. The number of hydrogen-bond donors (Lipinski definition) is 2. The van der Waals surface area contributed by atoms with Crippen LogP contribution in [0.2, 0.25) is 0 Å². The summed E-state index contributed by atoms with van der Waals surface area (Å²) in [6.45, 7) is 2.06. The Bertz CT molecular complexity index is 1370. The molecule has 11 heteroatoms. The number of nitrogens with zero attached hydrogens (tertiary/aromatic N) is 1. The Balaban J connectivity index is 1.34. The zero-order chi connectivity index (χ0) is 25.2. The van der Waals surface area contributed by atoms with E-state index in [0.717, 1.165) is 20.1 Å². The minimum atomic E-state index is -3.68. The average Bonchev–Trinajstić information content (AvgIpc) is 3.24. The van der Waals surface area contributed by atoms with Gasteiger partial charge in [0.2, 0.25) is 0 Å². The van der Waals surface area contributed by atoms with Gasteiger partial charge >= 0.3 is 0 Å². The number of amides is 1. The molecule has 2 N–H and O–H groups in total. The number of thiocarbonyl (C=S) groups is 1. The van der Waals surface area contributed by atoms with Crippen LogP contribution in [0.4, 0.5) is 11.4 Å². The normalized spacial score (nSPS) is 12.7. The number of ether oxygens (including phenoxy) is 1. The molecule has 0 unspecified atom stereocenters. The first kappa shape index (κ1) is 25.6. The molecule has 0 fully saturated rings. The Morgan fingerprint density at radius 1 is 1.11 bits per heavy atom. The van der Waals surface area contributed by atoms with Crippen molar-refractivity contribution < 1.29 is 17.9 Å². The molecular weight excluding hydrogens is 618 g/mol. The summed E-state index contributed by atoms with van der Waals surface area (Å²) >= 11 is 12.0. The van der Waals surface area contributed by atoms with Crippen molar-refractivity contribution in [1.29, 1.82) is 0 Å². The number of hydrogen-bond acceptors (Lipinski definition) is 5. The molecule has 35 heavy (non-hydrogen) atoms. The molecule has 0 saturated carbocycles. The molecule has 182 valence electrons. The molecule has 0 atom stereocenters. The highest BCUT2D eigenvalue weighted by Gasteiger charge is 2.30. The number of para-hydroxylation sites is 1. The highest BCUT2D eigenvalue weighted by molar-refractivity contribution is 9.11. The van der Waals surface area contributed by atoms with Crippen molar-refractivity contribution in [3.8, 4) is 5.75 Å². The molecule has 4 rings (SSSR count). The number of halogens is 2. The number of rotatable bonds is 6. The lowest BCUT2D eigenvalue weighted by atomic mass is 10.2. The Hall–Kier alpha value is -2.47. The summed E-state index contributed by atoms with van der Waals surface area (Å²) in [4.78, 5) is 12.4. The number of nitrogens with one attached hydrogen (secondary N) is 2. The van der Waals surface area contributed by atoms with Gasteiger partial charge in [-0.3, -0.25) is 14.4 Å². The smallest absolute Gasteiger partial charge is 0.264 e. The first-order valence-electron chi connectivity index (χ1n) is 10.5. The van der Waals surface area contributed by atoms with Gasteiger partial charge in [0.15, 0.2) is 11.7 Å². The third-order valence-corrected chi connectivity index (χ3v) is 8.42. The van der Waals surface area contributed by atoms with E-state index in [2.05, 4.69) is 42.5 Å². The van der Waals surface area contributed by atoms with Crippen LogP contribution >= 0.6 is 44.1 Å². The molecule has 3 aromatic carbocycles. The lowest BCUT2D eigenvalue weighted by Gasteiger charge is -2.19. The van der Waals surface area contributed by atoms with Crippen LogP contribution in [-0.2, 0) is 21.2 Å².